The Bertz CT molecular complexity index is 208. The van der Waals surface area contributed by atoms with Crippen molar-refractivity contribution in [3.8, 4) is 0 Å². The largest absolute Gasteiger partial charge is 0.0863 e. The van der Waals surface area contributed by atoms with Crippen LogP contribution in [0.1, 0.15) is 10.4 Å². The van der Waals surface area contributed by atoms with Crippen LogP contribution >= 0.6 is 47.8 Å². The molecule has 0 aliphatic rings. The van der Waals surface area contributed by atoms with Crippen molar-refractivity contribution >= 4 is 47.8 Å². The molecule has 1 aromatic rings. The predicted molar refractivity (Wildman–Crippen MR) is 59.8 cm³/mol. The fraction of sp³-hybridized carbons (Fsp3) is 0.250. The molecule has 0 nitrogen and oxygen atoms in total. The van der Waals surface area contributed by atoms with Crippen molar-refractivity contribution in [1.82, 2.24) is 0 Å². The van der Waals surface area contributed by atoms with E-state index in [2.05, 4.69) is 59.9 Å². The lowest BCUT2D eigenvalue weighted by molar-refractivity contribution is 1.12. The molecule has 0 radical (unpaired) electrons. The van der Waals surface area contributed by atoms with Crippen molar-refractivity contribution in [2.45, 2.75) is 8.56 Å². The highest BCUT2D eigenvalue weighted by Crippen LogP contribution is 2.34. The summed E-state index contributed by atoms with van der Waals surface area (Å²) in [5.74, 6) is 0. The number of hydrogen-bond donors (Lipinski definition) is 0. The van der Waals surface area contributed by atoms with Crippen molar-refractivity contribution in [2.75, 3.05) is 0 Å². The first kappa shape index (κ1) is 9.75. The van der Waals surface area contributed by atoms with Gasteiger partial charge in [0.15, 0.2) is 0 Å². The molecule has 0 heterocycles. The minimum atomic E-state index is 0.275. The monoisotopic (exact) mass is 340 g/mol. The van der Waals surface area contributed by atoms with E-state index in [0.717, 1.165) is 0 Å². The summed E-state index contributed by atoms with van der Waals surface area (Å²) in [6.45, 7) is 0. The summed E-state index contributed by atoms with van der Waals surface area (Å²) in [5.41, 5.74) is 1.27. The molecular formula is C8H7Br3. The van der Waals surface area contributed by atoms with Gasteiger partial charge < -0.3 is 0 Å². The van der Waals surface area contributed by atoms with E-state index in [9.17, 15) is 0 Å². The first-order valence-electron chi connectivity index (χ1n) is 3.19. The van der Waals surface area contributed by atoms with Gasteiger partial charge in [-0.15, -0.1) is 0 Å². The summed E-state index contributed by atoms with van der Waals surface area (Å²) in [6.07, 6.45) is 0. The van der Waals surface area contributed by atoms with Gasteiger partial charge in [-0.05, 0) is 5.56 Å². The molecule has 0 amide bonds. The van der Waals surface area contributed by atoms with Gasteiger partial charge in [0.25, 0.3) is 0 Å². The SMILES string of the molecule is BrC(Br)C(Br)c1ccccc1. The molecule has 11 heavy (non-hydrogen) atoms. The molecule has 1 aromatic carbocycles. The lowest BCUT2D eigenvalue weighted by Gasteiger charge is -2.10. The zero-order valence-corrected chi connectivity index (χ0v) is 10.4. The maximum Gasteiger partial charge on any atom is 0.0863 e. The number of benzene rings is 1. The van der Waals surface area contributed by atoms with Gasteiger partial charge in [-0.25, -0.2) is 0 Å². The molecule has 0 saturated heterocycles. The van der Waals surface area contributed by atoms with Gasteiger partial charge in [0, 0.05) is 0 Å². The van der Waals surface area contributed by atoms with Crippen LogP contribution in [-0.4, -0.2) is 3.74 Å². The Hall–Kier alpha value is 0.660. The van der Waals surface area contributed by atoms with Crippen LogP contribution in [-0.2, 0) is 0 Å². The second-order valence-corrected chi connectivity index (χ2v) is 6.34. The highest BCUT2D eigenvalue weighted by Gasteiger charge is 2.13. The Kier molecular flexibility index (Phi) is 4.10. The smallest absolute Gasteiger partial charge is 0.0817 e. The van der Waals surface area contributed by atoms with Crippen LogP contribution in [0.15, 0.2) is 30.3 Å². The molecule has 0 aromatic heterocycles. The molecule has 60 valence electrons. The second kappa shape index (κ2) is 4.63. The Labute approximate surface area is 91.8 Å². The van der Waals surface area contributed by atoms with Gasteiger partial charge in [0.2, 0.25) is 0 Å². The predicted octanol–water partition coefficient (Wildman–Crippen LogP) is 4.24. The standard InChI is InChI=1S/C8H7Br3/c9-7(8(10)11)6-4-2-1-3-5-6/h1-5,7-8H. The molecule has 0 N–H and O–H groups in total. The highest BCUT2D eigenvalue weighted by molar-refractivity contribution is 9.25. The van der Waals surface area contributed by atoms with Crippen LogP contribution in [0.2, 0.25) is 0 Å². The summed E-state index contributed by atoms with van der Waals surface area (Å²) >= 11 is 10.4. The number of alkyl halides is 3. The van der Waals surface area contributed by atoms with E-state index in [1.165, 1.54) is 5.56 Å². The zero-order valence-electron chi connectivity index (χ0n) is 5.68. The average molecular weight is 343 g/mol. The van der Waals surface area contributed by atoms with Crippen molar-refractivity contribution in [3.63, 3.8) is 0 Å². The molecule has 1 atom stereocenters. The molecule has 0 aliphatic heterocycles. The van der Waals surface area contributed by atoms with E-state index >= 15 is 0 Å². The molecule has 1 unspecified atom stereocenters. The maximum atomic E-state index is 3.56. The van der Waals surface area contributed by atoms with E-state index < -0.39 is 0 Å². The van der Waals surface area contributed by atoms with Crippen LogP contribution in [0.4, 0.5) is 0 Å². The molecule has 0 fully saturated rings. The quantitative estimate of drug-likeness (QED) is 0.705. The van der Waals surface area contributed by atoms with E-state index in [4.69, 9.17) is 0 Å². The zero-order chi connectivity index (χ0) is 8.27. The number of rotatable bonds is 2. The van der Waals surface area contributed by atoms with E-state index in [-0.39, 0.29) is 3.74 Å². The highest BCUT2D eigenvalue weighted by atomic mass is 79.9. The molecule has 0 aliphatic carbocycles. The van der Waals surface area contributed by atoms with Crippen LogP contribution in [0.3, 0.4) is 0 Å². The molecular weight excluding hydrogens is 336 g/mol. The van der Waals surface area contributed by atoms with Crippen LogP contribution in [0.25, 0.3) is 0 Å². The minimum Gasteiger partial charge on any atom is -0.0817 e. The Balaban J connectivity index is 2.77. The van der Waals surface area contributed by atoms with Crippen molar-refractivity contribution in [2.24, 2.45) is 0 Å². The van der Waals surface area contributed by atoms with Crippen molar-refractivity contribution in [3.05, 3.63) is 35.9 Å². The van der Waals surface area contributed by atoms with E-state index in [0.29, 0.717) is 4.83 Å². The number of halogens is 3. The fourth-order valence-corrected chi connectivity index (χ4v) is 1.70. The summed E-state index contributed by atoms with van der Waals surface area (Å²) < 4.78 is 0.275. The Morgan fingerprint density at radius 1 is 0.909 bits per heavy atom. The molecule has 1 rings (SSSR count). The van der Waals surface area contributed by atoms with Gasteiger partial charge in [-0.2, -0.15) is 0 Å². The second-order valence-electron chi connectivity index (χ2n) is 2.15. The van der Waals surface area contributed by atoms with Gasteiger partial charge >= 0.3 is 0 Å². The fourth-order valence-electron chi connectivity index (χ4n) is 0.782. The van der Waals surface area contributed by atoms with Gasteiger partial charge in [-0.1, -0.05) is 78.1 Å². The summed E-state index contributed by atoms with van der Waals surface area (Å²) in [5, 5.41) is 0. The number of hydrogen-bond acceptors (Lipinski definition) is 0. The summed E-state index contributed by atoms with van der Waals surface area (Å²) in [7, 11) is 0. The van der Waals surface area contributed by atoms with Crippen LogP contribution < -0.4 is 0 Å². The van der Waals surface area contributed by atoms with Crippen molar-refractivity contribution < 1.29 is 0 Å². The lowest BCUT2D eigenvalue weighted by atomic mass is 10.2. The van der Waals surface area contributed by atoms with Gasteiger partial charge in [-0.3, -0.25) is 0 Å². The molecule has 3 heteroatoms. The first-order valence-corrected chi connectivity index (χ1v) is 5.93. The average Bonchev–Trinajstić information content (AvgIpc) is 2.05. The van der Waals surface area contributed by atoms with Crippen LogP contribution in [0, 0.1) is 0 Å². The third-order valence-electron chi connectivity index (χ3n) is 1.34. The summed E-state index contributed by atoms with van der Waals surface area (Å²) in [6, 6.07) is 10.3. The third-order valence-corrected chi connectivity index (χ3v) is 4.87. The van der Waals surface area contributed by atoms with E-state index in [1.807, 2.05) is 18.2 Å². The Morgan fingerprint density at radius 3 is 1.91 bits per heavy atom. The molecule has 0 spiro atoms. The minimum absolute atomic E-state index is 0.275. The van der Waals surface area contributed by atoms with E-state index in [1.54, 1.807) is 0 Å². The normalized spacial score (nSPS) is 13.5. The van der Waals surface area contributed by atoms with Crippen molar-refractivity contribution in [1.29, 1.82) is 0 Å². The van der Waals surface area contributed by atoms with Gasteiger partial charge in [0.1, 0.15) is 0 Å². The first-order chi connectivity index (χ1) is 5.22. The van der Waals surface area contributed by atoms with Gasteiger partial charge in [0.05, 0.1) is 8.56 Å². The molecule has 0 bridgehead atoms. The summed E-state index contributed by atoms with van der Waals surface area (Å²) in [4.78, 5) is 0.323. The third kappa shape index (κ3) is 2.88. The molecule has 0 saturated carbocycles. The lowest BCUT2D eigenvalue weighted by Crippen LogP contribution is -1.96. The van der Waals surface area contributed by atoms with Crippen LogP contribution in [0.5, 0.6) is 0 Å². The Morgan fingerprint density at radius 2 is 1.45 bits per heavy atom. The topological polar surface area (TPSA) is 0 Å². The maximum absolute atomic E-state index is 3.56.